The Morgan fingerprint density at radius 1 is 0.364 bits per heavy atom. The number of para-hydroxylation sites is 3. The van der Waals surface area contributed by atoms with E-state index in [0.717, 1.165) is 51.7 Å². The van der Waals surface area contributed by atoms with Crippen molar-refractivity contribution in [3.8, 4) is 33.4 Å². The molecule has 66 heavy (non-hydrogen) atoms. The molecule has 0 saturated heterocycles. The van der Waals surface area contributed by atoms with Crippen LogP contribution in [0.25, 0.3) is 39.0 Å². The summed E-state index contributed by atoms with van der Waals surface area (Å²) in [6.45, 7) is 0. The molecule has 1 atom stereocenters. The number of nitrogens with zero attached hydrogens (tertiary/aromatic N) is 2. The fourth-order valence-corrected chi connectivity index (χ4v) is 11.3. The molecule has 0 aromatic heterocycles. The van der Waals surface area contributed by atoms with Gasteiger partial charge < -0.3 is 9.80 Å². The smallest absolute Gasteiger partial charge is 0.0691 e. The molecule has 0 heterocycles. The summed E-state index contributed by atoms with van der Waals surface area (Å²) in [6, 6.07) is 95.2. The number of hydrogen-bond donors (Lipinski definition) is 0. The van der Waals surface area contributed by atoms with Crippen LogP contribution in [-0.2, 0) is 11.8 Å². The van der Waals surface area contributed by atoms with Crippen molar-refractivity contribution in [1.29, 1.82) is 0 Å². The highest BCUT2D eigenvalue weighted by molar-refractivity contribution is 6.03. The molecule has 0 radical (unpaired) electrons. The first-order valence-electron chi connectivity index (χ1n) is 22.8. The summed E-state index contributed by atoms with van der Waals surface area (Å²) in [7, 11) is 0. The van der Waals surface area contributed by atoms with E-state index in [9.17, 15) is 0 Å². The average Bonchev–Trinajstić information content (AvgIpc) is 4.02. The predicted molar refractivity (Wildman–Crippen MR) is 272 cm³/mol. The molecule has 0 amide bonds. The van der Waals surface area contributed by atoms with Crippen molar-refractivity contribution in [2.24, 2.45) is 0 Å². The molecule has 10 aromatic rings. The van der Waals surface area contributed by atoms with Crippen LogP contribution in [0.1, 0.15) is 33.4 Å². The molecule has 2 heteroatoms. The molecule has 10 aromatic carbocycles. The summed E-state index contributed by atoms with van der Waals surface area (Å²) in [4.78, 5) is 4.83. The third-order valence-corrected chi connectivity index (χ3v) is 14.0. The van der Waals surface area contributed by atoms with Gasteiger partial charge in [0.15, 0.2) is 0 Å². The molecular formula is C64H42N2. The molecule has 0 bridgehead atoms. The number of rotatable bonds is 8. The first kappa shape index (κ1) is 37.9. The zero-order chi connectivity index (χ0) is 43.6. The first-order valence-corrected chi connectivity index (χ1v) is 22.8. The van der Waals surface area contributed by atoms with Gasteiger partial charge in [0.1, 0.15) is 0 Å². The summed E-state index contributed by atoms with van der Waals surface area (Å²) >= 11 is 0. The van der Waals surface area contributed by atoms with Crippen LogP contribution in [0, 0.1) is 12.1 Å². The van der Waals surface area contributed by atoms with Crippen molar-refractivity contribution in [1.82, 2.24) is 0 Å². The zero-order valence-corrected chi connectivity index (χ0v) is 36.2. The van der Waals surface area contributed by atoms with Gasteiger partial charge in [-0.3, -0.25) is 0 Å². The Morgan fingerprint density at radius 3 is 1.62 bits per heavy atom. The SMILES string of the molecule is c1cccc(-c2ccc(N(c3ccc4c(c3)-c3ccccc3C43C4=C(c5ccccc5C4)c4cc(N(c5ccccc5)c5ccccc5)ccc43)c3ccccc3-c3ccccc3)cc2)c#1. The van der Waals surface area contributed by atoms with Gasteiger partial charge in [0, 0.05) is 39.6 Å². The normalized spacial score (nSPS) is 14.8. The second-order valence-electron chi connectivity index (χ2n) is 17.4. The molecule has 0 N–H and O–H groups in total. The number of anilines is 6. The Balaban J connectivity index is 1.03. The quantitative estimate of drug-likeness (QED) is 0.150. The largest absolute Gasteiger partial charge is 0.310 e. The minimum Gasteiger partial charge on any atom is -0.310 e. The van der Waals surface area contributed by atoms with Crippen LogP contribution in [0.15, 0.2) is 248 Å². The van der Waals surface area contributed by atoms with E-state index in [2.05, 4.69) is 252 Å². The minimum absolute atomic E-state index is 0.464. The summed E-state index contributed by atoms with van der Waals surface area (Å²) in [5, 5.41) is 0. The van der Waals surface area contributed by atoms with E-state index < -0.39 is 5.41 Å². The van der Waals surface area contributed by atoms with Gasteiger partial charge in [-0.25, -0.2) is 0 Å². The third-order valence-electron chi connectivity index (χ3n) is 14.0. The summed E-state index contributed by atoms with van der Waals surface area (Å²) in [5.74, 6) is 0. The van der Waals surface area contributed by atoms with Gasteiger partial charge in [0.05, 0.1) is 11.1 Å². The van der Waals surface area contributed by atoms with E-state index in [1.807, 2.05) is 12.1 Å². The standard InChI is InChI=1S/C64H42N2/c1-5-19-44(20-6-1)45-33-35-50(36-34-45)66(62-32-18-16-28-53(62)46-21-7-2-8-22-46)52-38-39-59-56(42-52)55-30-15-17-31-58(55)64(59)60-40-37-51(43-57(60)63-54-29-14-13-23-47(54)41-61(63)64)65(48-24-9-3-10-25-48)49-26-11-4-12-27-49/h1-5,7-19,21-40,42-43H,41H2. The fraction of sp³-hybridized carbons (Fsp3) is 0.0312. The van der Waals surface area contributed by atoms with Crippen LogP contribution in [-0.4, -0.2) is 0 Å². The zero-order valence-electron chi connectivity index (χ0n) is 36.2. The molecule has 3 aliphatic rings. The van der Waals surface area contributed by atoms with Crippen molar-refractivity contribution in [3.63, 3.8) is 0 Å². The van der Waals surface area contributed by atoms with E-state index in [1.165, 1.54) is 66.8 Å². The molecule has 0 saturated carbocycles. The van der Waals surface area contributed by atoms with Gasteiger partial charge in [-0.15, -0.1) is 0 Å². The lowest BCUT2D eigenvalue weighted by Gasteiger charge is -2.33. The second-order valence-corrected chi connectivity index (χ2v) is 17.4. The Kier molecular flexibility index (Phi) is 8.76. The molecule has 1 spiro atoms. The van der Waals surface area contributed by atoms with Gasteiger partial charge in [-0.1, -0.05) is 176 Å². The van der Waals surface area contributed by atoms with Gasteiger partial charge in [-0.2, -0.15) is 0 Å². The molecule has 0 aliphatic heterocycles. The highest BCUT2D eigenvalue weighted by atomic mass is 15.1. The van der Waals surface area contributed by atoms with Crippen LogP contribution < -0.4 is 9.80 Å². The van der Waals surface area contributed by atoms with E-state index in [1.54, 1.807) is 0 Å². The monoisotopic (exact) mass is 838 g/mol. The molecule has 3 aliphatic carbocycles. The average molecular weight is 839 g/mol. The maximum absolute atomic E-state index is 3.30. The molecule has 0 fully saturated rings. The van der Waals surface area contributed by atoms with Crippen molar-refractivity contribution in [3.05, 3.63) is 294 Å². The lowest BCUT2D eigenvalue weighted by molar-refractivity contribution is 0.745. The lowest BCUT2D eigenvalue weighted by atomic mass is 9.69. The van der Waals surface area contributed by atoms with Crippen LogP contribution >= 0.6 is 0 Å². The lowest BCUT2D eigenvalue weighted by Crippen LogP contribution is -2.28. The van der Waals surface area contributed by atoms with Crippen molar-refractivity contribution < 1.29 is 0 Å². The van der Waals surface area contributed by atoms with Gasteiger partial charge in [0.25, 0.3) is 0 Å². The van der Waals surface area contributed by atoms with Crippen LogP contribution in [0.3, 0.4) is 0 Å². The first-order chi connectivity index (χ1) is 32.8. The number of hydrogen-bond acceptors (Lipinski definition) is 2. The Hall–Kier alpha value is -8.64. The van der Waals surface area contributed by atoms with E-state index in [-0.39, 0.29) is 0 Å². The highest BCUT2D eigenvalue weighted by Gasteiger charge is 2.55. The Labute approximate surface area is 386 Å². The highest BCUT2D eigenvalue weighted by Crippen LogP contribution is 2.66. The van der Waals surface area contributed by atoms with Crippen molar-refractivity contribution in [2.45, 2.75) is 11.8 Å². The third kappa shape index (κ3) is 5.77. The van der Waals surface area contributed by atoms with E-state index in [0.29, 0.717) is 0 Å². The molecular weight excluding hydrogens is 797 g/mol. The van der Waals surface area contributed by atoms with Gasteiger partial charge in [-0.05, 0) is 152 Å². The fourth-order valence-electron chi connectivity index (χ4n) is 11.3. The predicted octanol–water partition coefficient (Wildman–Crippen LogP) is 16.2. The molecule has 13 rings (SSSR count). The summed E-state index contributed by atoms with van der Waals surface area (Å²) < 4.78 is 0. The Morgan fingerprint density at radius 2 is 0.909 bits per heavy atom. The number of benzene rings is 9. The molecule has 1 unspecified atom stereocenters. The number of allylic oxidation sites excluding steroid dienone is 1. The summed E-state index contributed by atoms with van der Waals surface area (Å²) in [6.07, 6.45) is 0.895. The van der Waals surface area contributed by atoms with Gasteiger partial charge in [0.2, 0.25) is 0 Å². The van der Waals surface area contributed by atoms with Crippen molar-refractivity contribution >= 4 is 39.7 Å². The maximum Gasteiger partial charge on any atom is 0.0691 e. The van der Waals surface area contributed by atoms with Crippen LogP contribution in [0.5, 0.6) is 0 Å². The van der Waals surface area contributed by atoms with Crippen LogP contribution in [0.4, 0.5) is 34.1 Å². The summed E-state index contributed by atoms with van der Waals surface area (Å²) in [5.41, 5.74) is 24.2. The number of fused-ring (bicyclic) bond motifs is 11. The van der Waals surface area contributed by atoms with E-state index in [4.69, 9.17) is 0 Å². The topological polar surface area (TPSA) is 6.48 Å². The van der Waals surface area contributed by atoms with Crippen LogP contribution in [0.2, 0.25) is 0 Å². The maximum atomic E-state index is 3.30. The molecule has 308 valence electrons. The van der Waals surface area contributed by atoms with Crippen molar-refractivity contribution in [2.75, 3.05) is 9.80 Å². The second kappa shape index (κ2) is 15.3. The Bertz CT molecular complexity index is 3440. The van der Waals surface area contributed by atoms with E-state index >= 15 is 0 Å². The minimum atomic E-state index is -0.464. The van der Waals surface area contributed by atoms with Gasteiger partial charge >= 0.3 is 0 Å². The molecule has 2 nitrogen and oxygen atoms in total.